The van der Waals surface area contributed by atoms with Crippen molar-refractivity contribution in [1.82, 2.24) is 4.98 Å². The third-order valence-electron chi connectivity index (χ3n) is 5.26. The van der Waals surface area contributed by atoms with Crippen molar-refractivity contribution < 1.29 is 23.9 Å². The van der Waals surface area contributed by atoms with Crippen LogP contribution in [0.5, 0.6) is 5.75 Å². The molecule has 2 N–H and O–H groups in total. The molecule has 37 heavy (non-hydrogen) atoms. The molecular weight excluding hydrogens is 470 g/mol. The molecule has 0 saturated carbocycles. The van der Waals surface area contributed by atoms with Crippen molar-refractivity contribution in [3.05, 3.63) is 102 Å². The van der Waals surface area contributed by atoms with Crippen molar-refractivity contribution in [3.63, 3.8) is 0 Å². The van der Waals surface area contributed by atoms with Gasteiger partial charge in [0.25, 0.3) is 11.8 Å². The van der Waals surface area contributed by atoms with Crippen LogP contribution in [0.2, 0.25) is 0 Å². The number of benzene rings is 3. The van der Waals surface area contributed by atoms with Crippen LogP contribution in [0.4, 0.5) is 11.4 Å². The number of hydrogen-bond donors (Lipinski definition) is 2. The second kappa shape index (κ2) is 12.1. The van der Waals surface area contributed by atoms with Gasteiger partial charge in [-0.2, -0.15) is 0 Å². The summed E-state index contributed by atoms with van der Waals surface area (Å²) < 4.78 is 10.4. The van der Waals surface area contributed by atoms with E-state index in [1.807, 2.05) is 37.3 Å². The Labute approximate surface area is 213 Å². The average molecular weight is 496 g/mol. The van der Waals surface area contributed by atoms with E-state index in [1.165, 1.54) is 6.08 Å². The third kappa shape index (κ3) is 7.02. The van der Waals surface area contributed by atoms with Gasteiger partial charge in [0, 0.05) is 40.2 Å². The first-order chi connectivity index (χ1) is 18.0. The van der Waals surface area contributed by atoms with E-state index >= 15 is 0 Å². The number of pyridine rings is 1. The molecule has 0 unspecified atom stereocenters. The lowest BCUT2D eigenvalue weighted by Gasteiger charge is -2.09. The Balaban J connectivity index is 1.25. The molecule has 0 aliphatic heterocycles. The Morgan fingerprint density at radius 1 is 0.865 bits per heavy atom. The van der Waals surface area contributed by atoms with Crippen molar-refractivity contribution in [1.29, 1.82) is 0 Å². The molecule has 186 valence electrons. The van der Waals surface area contributed by atoms with Gasteiger partial charge in [0.15, 0.2) is 6.61 Å². The third-order valence-corrected chi connectivity index (χ3v) is 5.26. The average Bonchev–Trinajstić information content (AvgIpc) is 2.92. The topological polar surface area (TPSA) is 107 Å². The second-order valence-electron chi connectivity index (χ2n) is 7.90. The van der Waals surface area contributed by atoms with E-state index in [0.29, 0.717) is 23.5 Å². The van der Waals surface area contributed by atoms with Crippen LogP contribution in [0.1, 0.15) is 22.8 Å². The number of nitrogens with zero attached hydrogens (tertiary/aromatic N) is 1. The molecule has 0 aliphatic carbocycles. The largest absolute Gasteiger partial charge is 0.494 e. The molecule has 0 aliphatic rings. The summed E-state index contributed by atoms with van der Waals surface area (Å²) in [4.78, 5) is 41.1. The Hall–Kier alpha value is -4.98. The predicted molar refractivity (Wildman–Crippen MR) is 142 cm³/mol. The first-order valence-electron chi connectivity index (χ1n) is 11.6. The molecule has 8 nitrogen and oxygen atoms in total. The highest BCUT2D eigenvalue weighted by atomic mass is 16.5. The number of carbonyl (C=O) groups excluding carboxylic acids is 3. The smallest absolute Gasteiger partial charge is 0.331 e. The van der Waals surface area contributed by atoms with E-state index in [4.69, 9.17) is 9.47 Å². The van der Waals surface area contributed by atoms with E-state index in [1.54, 1.807) is 60.8 Å². The maximum Gasteiger partial charge on any atom is 0.331 e. The van der Waals surface area contributed by atoms with Gasteiger partial charge in [0.1, 0.15) is 5.75 Å². The first kappa shape index (κ1) is 25.1. The van der Waals surface area contributed by atoms with E-state index in [2.05, 4.69) is 15.6 Å². The van der Waals surface area contributed by atoms with Gasteiger partial charge in [-0.15, -0.1) is 0 Å². The Morgan fingerprint density at radius 2 is 1.57 bits per heavy atom. The fourth-order valence-corrected chi connectivity index (χ4v) is 3.51. The van der Waals surface area contributed by atoms with Gasteiger partial charge in [-0.25, -0.2) is 4.79 Å². The van der Waals surface area contributed by atoms with Crippen molar-refractivity contribution in [2.24, 2.45) is 0 Å². The number of fused-ring (bicyclic) bond motifs is 1. The van der Waals surface area contributed by atoms with Crippen LogP contribution < -0.4 is 15.4 Å². The number of esters is 1. The Kier molecular flexibility index (Phi) is 8.23. The monoisotopic (exact) mass is 495 g/mol. The molecule has 1 aromatic heterocycles. The van der Waals surface area contributed by atoms with Gasteiger partial charge in [-0.05, 0) is 67.6 Å². The maximum atomic E-state index is 12.5. The molecule has 3 aromatic carbocycles. The first-order valence-corrected chi connectivity index (χ1v) is 11.6. The van der Waals surface area contributed by atoms with Crippen LogP contribution in [-0.2, 0) is 14.3 Å². The van der Waals surface area contributed by atoms with Crippen LogP contribution in [0.3, 0.4) is 0 Å². The number of nitrogens with one attached hydrogen (secondary N) is 2. The van der Waals surface area contributed by atoms with Crippen molar-refractivity contribution >= 4 is 46.1 Å². The highest BCUT2D eigenvalue weighted by molar-refractivity contribution is 6.04. The molecule has 0 radical (unpaired) electrons. The van der Waals surface area contributed by atoms with Gasteiger partial charge >= 0.3 is 5.97 Å². The van der Waals surface area contributed by atoms with Crippen LogP contribution >= 0.6 is 0 Å². The Bertz CT molecular complexity index is 1430. The molecule has 0 bridgehead atoms. The fourth-order valence-electron chi connectivity index (χ4n) is 3.51. The summed E-state index contributed by atoms with van der Waals surface area (Å²) in [5.41, 5.74) is 3.07. The molecule has 0 atom stereocenters. The minimum atomic E-state index is -0.649. The van der Waals surface area contributed by atoms with Gasteiger partial charge in [0.05, 0.1) is 12.1 Å². The summed E-state index contributed by atoms with van der Waals surface area (Å²) in [6, 6.07) is 22.9. The number of anilines is 2. The zero-order valence-corrected chi connectivity index (χ0v) is 20.1. The van der Waals surface area contributed by atoms with Crippen LogP contribution in [0, 0.1) is 0 Å². The number of aromatic nitrogens is 1. The van der Waals surface area contributed by atoms with E-state index < -0.39 is 18.5 Å². The SMILES string of the molecule is CCOc1ccc(NC(=O)c2ccc(NC(=O)COC(=O)/C=C/c3cccc4cccnc34)cc2)cc1. The zero-order valence-electron chi connectivity index (χ0n) is 20.1. The van der Waals surface area contributed by atoms with E-state index in [9.17, 15) is 14.4 Å². The predicted octanol–water partition coefficient (Wildman–Crippen LogP) is 5.08. The molecule has 4 aromatic rings. The van der Waals surface area contributed by atoms with Crippen LogP contribution in [0.15, 0.2) is 91.1 Å². The number of hydrogen-bond acceptors (Lipinski definition) is 6. The molecule has 0 spiro atoms. The molecule has 0 saturated heterocycles. The summed E-state index contributed by atoms with van der Waals surface area (Å²) in [6.07, 6.45) is 4.55. The summed E-state index contributed by atoms with van der Waals surface area (Å²) >= 11 is 0. The number of carbonyl (C=O) groups is 3. The molecule has 2 amide bonds. The quantitative estimate of drug-likeness (QED) is 0.248. The second-order valence-corrected chi connectivity index (χ2v) is 7.90. The van der Waals surface area contributed by atoms with Crippen LogP contribution in [0.25, 0.3) is 17.0 Å². The highest BCUT2D eigenvalue weighted by Gasteiger charge is 2.09. The molecule has 8 heteroatoms. The lowest BCUT2D eigenvalue weighted by Crippen LogP contribution is -2.20. The number of ether oxygens (including phenoxy) is 2. The molecule has 0 fully saturated rings. The summed E-state index contributed by atoms with van der Waals surface area (Å²) in [5, 5.41) is 6.39. The summed E-state index contributed by atoms with van der Waals surface area (Å²) in [7, 11) is 0. The van der Waals surface area contributed by atoms with E-state index in [0.717, 1.165) is 22.2 Å². The fraction of sp³-hybridized carbons (Fsp3) is 0.103. The number of rotatable bonds is 9. The number of amides is 2. The molecule has 1 heterocycles. The zero-order chi connectivity index (χ0) is 26.0. The Morgan fingerprint density at radius 3 is 2.32 bits per heavy atom. The van der Waals surface area contributed by atoms with Gasteiger partial charge in [0.2, 0.25) is 0 Å². The molecule has 4 rings (SSSR count). The minimum Gasteiger partial charge on any atom is -0.494 e. The normalized spacial score (nSPS) is 10.7. The van der Waals surface area contributed by atoms with Gasteiger partial charge in [-0.1, -0.05) is 24.3 Å². The van der Waals surface area contributed by atoms with Gasteiger partial charge < -0.3 is 20.1 Å². The summed E-state index contributed by atoms with van der Waals surface area (Å²) in [5.74, 6) is -0.710. The van der Waals surface area contributed by atoms with Gasteiger partial charge in [-0.3, -0.25) is 14.6 Å². The van der Waals surface area contributed by atoms with Crippen LogP contribution in [-0.4, -0.2) is 36.0 Å². The summed E-state index contributed by atoms with van der Waals surface area (Å²) in [6.45, 7) is 2.02. The number of para-hydroxylation sites is 1. The molecular formula is C29H25N3O5. The standard InChI is InChI=1S/C29H25N3O5/c1-2-36-25-15-13-24(14-16-25)32-29(35)22-8-11-23(12-9-22)31-26(33)19-37-27(34)17-10-21-6-3-5-20-7-4-18-30-28(20)21/h3-18H,2,19H2,1H3,(H,31,33)(H,32,35)/b17-10+. The highest BCUT2D eigenvalue weighted by Crippen LogP contribution is 2.18. The maximum absolute atomic E-state index is 12.5. The lowest BCUT2D eigenvalue weighted by atomic mass is 10.1. The van der Waals surface area contributed by atoms with Crippen molar-refractivity contribution in [2.45, 2.75) is 6.92 Å². The van der Waals surface area contributed by atoms with Crippen molar-refractivity contribution in [2.75, 3.05) is 23.8 Å². The minimum absolute atomic E-state index is 0.288. The lowest BCUT2D eigenvalue weighted by molar-refractivity contribution is -0.142. The van der Waals surface area contributed by atoms with E-state index in [-0.39, 0.29) is 5.91 Å². The van der Waals surface area contributed by atoms with Crippen molar-refractivity contribution in [3.8, 4) is 5.75 Å².